The fourth-order valence-electron chi connectivity index (χ4n) is 1.85. The Morgan fingerprint density at radius 3 is 2.74 bits per heavy atom. The molecular weight excluding hydrogens is 256 g/mol. The summed E-state index contributed by atoms with van der Waals surface area (Å²) in [6, 6.07) is 3.67. The monoisotopic (exact) mass is 265 g/mol. The molecule has 0 bridgehead atoms. The molecule has 0 saturated heterocycles. The van der Waals surface area contributed by atoms with E-state index in [4.69, 9.17) is 5.11 Å². The zero-order valence-electron chi connectivity index (χ0n) is 9.68. The van der Waals surface area contributed by atoms with Gasteiger partial charge in [0, 0.05) is 5.92 Å². The highest BCUT2D eigenvalue weighted by atomic mass is 19.2. The smallest absolute Gasteiger partial charge is 0.375 e. The summed E-state index contributed by atoms with van der Waals surface area (Å²) in [6.45, 7) is 0. The maximum Gasteiger partial charge on any atom is 0.375 e. The van der Waals surface area contributed by atoms with E-state index >= 15 is 0 Å². The summed E-state index contributed by atoms with van der Waals surface area (Å²) in [7, 11) is 0. The number of carboxylic acid groups (broad SMARTS) is 1. The third kappa shape index (κ3) is 1.96. The number of carboxylic acids is 1. The minimum absolute atomic E-state index is 0.0586. The van der Waals surface area contributed by atoms with Gasteiger partial charge in [-0.3, -0.25) is 0 Å². The van der Waals surface area contributed by atoms with Crippen LogP contribution in [0.5, 0.6) is 0 Å². The summed E-state index contributed by atoms with van der Waals surface area (Å²) in [6.07, 6.45) is 1.68. The van der Waals surface area contributed by atoms with Crippen LogP contribution in [0.15, 0.2) is 18.2 Å². The molecule has 0 radical (unpaired) electrons. The first-order valence-electron chi connectivity index (χ1n) is 5.72. The highest BCUT2D eigenvalue weighted by Crippen LogP contribution is 2.40. The Bertz CT molecular complexity index is 665. The molecule has 1 heterocycles. The number of carbonyl (C=O) groups is 1. The molecule has 0 spiro atoms. The van der Waals surface area contributed by atoms with Crippen LogP contribution in [0.4, 0.5) is 8.78 Å². The standard InChI is InChI=1S/C12H9F2N3O2/c13-7-2-1-3-8(9(7)14)17-11(6-4-5-6)15-10(16-17)12(18)19/h1-3,6H,4-5H2,(H,18,19). The average molecular weight is 265 g/mol. The van der Waals surface area contributed by atoms with Gasteiger partial charge in [-0.2, -0.15) is 0 Å². The largest absolute Gasteiger partial charge is 0.475 e. The summed E-state index contributed by atoms with van der Waals surface area (Å²) in [4.78, 5) is 14.8. The summed E-state index contributed by atoms with van der Waals surface area (Å²) in [5, 5.41) is 12.6. The van der Waals surface area contributed by atoms with E-state index in [1.165, 1.54) is 12.1 Å². The third-order valence-corrected chi connectivity index (χ3v) is 2.93. The molecule has 1 aliphatic carbocycles. The second-order valence-corrected chi connectivity index (χ2v) is 4.36. The van der Waals surface area contributed by atoms with E-state index in [2.05, 4.69) is 10.1 Å². The van der Waals surface area contributed by atoms with Gasteiger partial charge in [0.15, 0.2) is 11.6 Å². The van der Waals surface area contributed by atoms with Crippen molar-refractivity contribution in [3.8, 4) is 5.69 Å². The van der Waals surface area contributed by atoms with E-state index < -0.39 is 23.4 Å². The van der Waals surface area contributed by atoms with Crippen molar-refractivity contribution in [2.24, 2.45) is 0 Å². The van der Waals surface area contributed by atoms with Gasteiger partial charge in [-0.25, -0.2) is 23.2 Å². The first-order valence-corrected chi connectivity index (χ1v) is 5.72. The molecule has 1 N–H and O–H groups in total. The quantitative estimate of drug-likeness (QED) is 0.923. The van der Waals surface area contributed by atoms with Crippen LogP contribution in [-0.4, -0.2) is 25.8 Å². The van der Waals surface area contributed by atoms with Crippen molar-refractivity contribution in [2.75, 3.05) is 0 Å². The second kappa shape index (κ2) is 4.11. The minimum atomic E-state index is -1.29. The minimum Gasteiger partial charge on any atom is -0.475 e. The Morgan fingerprint density at radius 2 is 2.11 bits per heavy atom. The number of hydrogen-bond donors (Lipinski definition) is 1. The number of rotatable bonds is 3. The lowest BCUT2D eigenvalue weighted by Gasteiger charge is -2.06. The summed E-state index contributed by atoms with van der Waals surface area (Å²) in [5.74, 6) is -3.36. The lowest BCUT2D eigenvalue weighted by molar-refractivity contribution is 0.0683. The summed E-state index contributed by atoms with van der Waals surface area (Å²) < 4.78 is 28.1. The SMILES string of the molecule is O=C(O)c1nc(C2CC2)n(-c2cccc(F)c2F)n1. The Labute approximate surface area is 106 Å². The molecular formula is C12H9F2N3O2. The predicted octanol–water partition coefficient (Wildman–Crippen LogP) is 2.12. The van der Waals surface area contributed by atoms with Gasteiger partial charge in [0.05, 0.1) is 0 Å². The molecule has 3 rings (SSSR count). The fourth-order valence-corrected chi connectivity index (χ4v) is 1.85. The van der Waals surface area contributed by atoms with Crippen molar-refractivity contribution < 1.29 is 18.7 Å². The van der Waals surface area contributed by atoms with Gasteiger partial charge in [-0.15, -0.1) is 5.10 Å². The molecule has 5 nitrogen and oxygen atoms in total. The third-order valence-electron chi connectivity index (χ3n) is 2.93. The zero-order valence-corrected chi connectivity index (χ0v) is 9.68. The van der Waals surface area contributed by atoms with Crippen LogP contribution in [0.1, 0.15) is 35.2 Å². The van der Waals surface area contributed by atoms with Crippen LogP contribution in [0, 0.1) is 11.6 Å². The predicted molar refractivity (Wildman–Crippen MR) is 60.2 cm³/mol. The lowest BCUT2D eigenvalue weighted by Crippen LogP contribution is -2.06. The van der Waals surface area contributed by atoms with Crippen LogP contribution < -0.4 is 0 Å². The fraction of sp³-hybridized carbons (Fsp3) is 0.250. The number of halogens is 2. The van der Waals surface area contributed by atoms with E-state index in [-0.39, 0.29) is 11.6 Å². The van der Waals surface area contributed by atoms with Crippen molar-refractivity contribution in [3.63, 3.8) is 0 Å². The van der Waals surface area contributed by atoms with Gasteiger partial charge in [-0.05, 0) is 25.0 Å². The van der Waals surface area contributed by atoms with E-state index in [1.807, 2.05) is 0 Å². The van der Waals surface area contributed by atoms with Crippen LogP contribution in [0.3, 0.4) is 0 Å². The maximum atomic E-state index is 13.8. The van der Waals surface area contributed by atoms with Crippen LogP contribution in [-0.2, 0) is 0 Å². The summed E-state index contributed by atoms with van der Waals surface area (Å²) in [5.41, 5.74) is -0.123. The molecule has 0 aliphatic heterocycles. The van der Waals surface area contributed by atoms with Crippen LogP contribution >= 0.6 is 0 Å². The molecule has 1 aliphatic rings. The van der Waals surface area contributed by atoms with Crippen molar-refractivity contribution in [1.82, 2.24) is 14.8 Å². The number of hydrogen-bond acceptors (Lipinski definition) is 3. The average Bonchev–Trinajstić information content (AvgIpc) is 3.12. The topological polar surface area (TPSA) is 68.0 Å². The first-order chi connectivity index (χ1) is 9.08. The van der Waals surface area contributed by atoms with E-state index in [0.29, 0.717) is 5.82 Å². The Kier molecular flexibility index (Phi) is 2.55. The number of aromatic nitrogens is 3. The van der Waals surface area contributed by atoms with Crippen molar-refractivity contribution >= 4 is 5.97 Å². The first kappa shape index (κ1) is 11.8. The van der Waals surface area contributed by atoms with Gasteiger partial charge in [0.1, 0.15) is 11.5 Å². The molecule has 0 atom stereocenters. The van der Waals surface area contributed by atoms with Crippen LogP contribution in [0.2, 0.25) is 0 Å². The molecule has 0 amide bonds. The molecule has 98 valence electrons. The molecule has 19 heavy (non-hydrogen) atoms. The van der Waals surface area contributed by atoms with Crippen molar-refractivity contribution in [3.05, 3.63) is 41.5 Å². The van der Waals surface area contributed by atoms with Gasteiger partial charge in [0.25, 0.3) is 5.82 Å². The Balaban J connectivity index is 2.18. The molecule has 2 aromatic rings. The molecule has 1 saturated carbocycles. The van der Waals surface area contributed by atoms with E-state index in [0.717, 1.165) is 23.6 Å². The van der Waals surface area contributed by atoms with Crippen LogP contribution in [0.25, 0.3) is 5.69 Å². The van der Waals surface area contributed by atoms with Gasteiger partial charge in [-0.1, -0.05) is 6.07 Å². The van der Waals surface area contributed by atoms with Crippen molar-refractivity contribution in [2.45, 2.75) is 18.8 Å². The second-order valence-electron chi connectivity index (χ2n) is 4.36. The zero-order chi connectivity index (χ0) is 13.6. The lowest BCUT2D eigenvalue weighted by atomic mass is 10.3. The molecule has 0 unspecified atom stereocenters. The van der Waals surface area contributed by atoms with Gasteiger partial charge >= 0.3 is 5.97 Å². The highest BCUT2D eigenvalue weighted by molar-refractivity contribution is 5.83. The normalized spacial score (nSPS) is 14.6. The number of benzene rings is 1. The number of nitrogens with zero attached hydrogens (tertiary/aromatic N) is 3. The molecule has 1 fully saturated rings. The number of aromatic carboxylic acids is 1. The van der Waals surface area contributed by atoms with Crippen molar-refractivity contribution in [1.29, 1.82) is 0 Å². The highest BCUT2D eigenvalue weighted by Gasteiger charge is 2.32. The van der Waals surface area contributed by atoms with E-state index in [9.17, 15) is 13.6 Å². The Hall–Kier alpha value is -2.31. The van der Waals surface area contributed by atoms with Gasteiger partial charge in [0.2, 0.25) is 0 Å². The summed E-state index contributed by atoms with van der Waals surface area (Å²) >= 11 is 0. The Morgan fingerprint density at radius 1 is 1.37 bits per heavy atom. The van der Waals surface area contributed by atoms with Gasteiger partial charge < -0.3 is 5.11 Å². The molecule has 1 aromatic carbocycles. The van der Waals surface area contributed by atoms with E-state index in [1.54, 1.807) is 0 Å². The molecule has 7 heteroatoms. The maximum absolute atomic E-state index is 13.8. The molecule has 1 aromatic heterocycles.